The second-order valence-corrected chi connectivity index (χ2v) is 5.09. The maximum atomic E-state index is 13.5. The quantitative estimate of drug-likeness (QED) is 0.837. The average Bonchev–Trinajstić information content (AvgIpc) is 2.89. The van der Waals surface area contributed by atoms with Crippen LogP contribution >= 0.6 is 22.9 Å². The minimum Gasteiger partial charge on any atom is -0.384 e. The lowest BCUT2D eigenvalue weighted by atomic mass is 10.2. The van der Waals surface area contributed by atoms with E-state index in [0.717, 1.165) is 0 Å². The summed E-state index contributed by atoms with van der Waals surface area (Å²) in [4.78, 5) is 12.6. The van der Waals surface area contributed by atoms with E-state index in [4.69, 9.17) is 16.7 Å². The largest absolute Gasteiger partial charge is 0.384 e. The van der Waals surface area contributed by atoms with Crippen LogP contribution in [0, 0.1) is 17.7 Å². The normalized spacial score (nSPS) is 9.75. The fourth-order valence-corrected chi connectivity index (χ4v) is 2.36. The van der Waals surface area contributed by atoms with Gasteiger partial charge in [0, 0.05) is 10.4 Å². The highest BCUT2D eigenvalue weighted by Gasteiger charge is 2.11. The third kappa shape index (κ3) is 3.58. The van der Waals surface area contributed by atoms with Crippen LogP contribution in [0.4, 0.5) is 10.1 Å². The fourth-order valence-electron chi connectivity index (χ4n) is 1.44. The number of anilines is 1. The summed E-state index contributed by atoms with van der Waals surface area (Å²) in [5.41, 5.74) is 0.397. The van der Waals surface area contributed by atoms with Gasteiger partial charge in [-0.1, -0.05) is 23.4 Å². The van der Waals surface area contributed by atoms with Crippen LogP contribution in [-0.2, 0) is 0 Å². The second-order valence-electron chi connectivity index (χ2n) is 3.74. The number of hydrogen-bond donors (Lipinski definition) is 2. The minimum atomic E-state index is -0.557. The van der Waals surface area contributed by atoms with Crippen LogP contribution < -0.4 is 5.32 Å². The van der Waals surface area contributed by atoms with Gasteiger partial charge in [-0.2, -0.15) is 0 Å². The van der Waals surface area contributed by atoms with E-state index in [1.807, 2.05) is 0 Å². The van der Waals surface area contributed by atoms with Gasteiger partial charge in [-0.15, -0.1) is 11.3 Å². The van der Waals surface area contributed by atoms with Crippen molar-refractivity contribution in [3.8, 4) is 11.8 Å². The van der Waals surface area contributed by atoms with Gasteiger partial charge in [-0.3, -0.25) is 4.79 Å². The zero-order valence-corrected chi connectivity index (χ0v) is 11.7. The monoisotopic (exact) mass is 309 g/mol. The number of benzene rings is 1. The number of thiophene rings is 1. The molecule has 2 rings (SSSR count). The summed E-state index contributed by atoms with van der Waals surface area (Å²) in [6.45, 7) is -0.243. The van der Waals surface area contributed by atoms with E-state index in [2.05, 4.69) is 17.2 Å². The molecule has 0 atom stereocenters. The molecule has 0 unspecified atom stereocenters. The van der Waals surface area contributed by atoms with Gasteiger partial charge >= 0.3 is 0 Å². The van der Waals surface area contributed by atoms with Gasteiger partial charge in [0.25, 0.3) is 5.91 Å². The lowest BCUT2D eigenvalue weighted by Gasteiger charge is -2.05. The number of halogens is 2. The van der Waals surface area contributed by atoms with E-state index in [1.165, 1.54) is 29.5 Å². The van der Waals surface area contributed by atoms with Gasteiger partial charge in [-0.05, 0) is 24.3 Å². The Morgan fingerprint density at radius 2 is 2.25 bits per heavy atom. The van der Waals surface area contributed by atoms with Crippen molar-refractivity contribution >= 4 is 34.5 Å². The molecule has 0 aliphatic carbocycles. The molecule has 102 valence electrons. The smallest absolute Gasteiger partial charge is 0.256 e. The van der Waals surface area contributed by atoms with Crippen LogP contribution in [0.3, 0.4) is 0 Å². The van der Waals surface area contributed by atoms with Crippen molar-refractivity contribution in [3.63, 3.8) is 0 Å². The predicted octanol–water partition coefficient (Wildman–Crippen LogP) is 3.14. The summed E-state index contributed by atoms with van der Waals surface area (Å²) >= 11 is 7.02. The number of carbonyl (C=O) groups is 1. The molecule has 6 heteroatoms. The first-order valence-corrected chi connectivity index (χ1v) is 6.80. The molecule has 0 saturated carbocycles. The van der Waals surface area contributed by atoms with Crippen LogP contribution in [0.2, 0.25) is 5.02 Å². The molecule has 0 spiro atoms. The highest BCUT2D eigenvalue weighted by molar-refractivity contribution is 7.10. The SMILES string of the molecule is O=C(Nc1cc(Cl)ccc1F)c1csc(C#CCO)c1. The van der Waals surface area contributed by atoms with Crippen molar-refractivity contribution in [2.75, 3.05) is 11.9 Å². The first-order chi connectivity index (χ1) is 9.60. The molecular formula is C14H9ClFNO2S. The highest BCUT2D eigenvalue weighted by Crippen LogP contribution is 2.21. The van der Waals surface area contributed by atoms with Crippen molar-refractivity contribution in [3.05, 3.63) is 50.9 Å². The van der Waals surface area contributed by atoms with Crippen LogP contribution in [-0.4, -0.2) is 17.6 Å². The van der Waals surface area contributed by atoms with E-state index in [1.54, 1.807) is 11.4 Å². The number of nitrogens with one attached hydrogen (secondary N) is 1. The summed E-state index contributed by atoms with van der Waals surface area (Å²) in [5, 5.41) is 13.0. The van der Waals surface area contributed by atoms with Gasteiger partial charge in [0.1, 0.15) is 12.4 Å². The molecule has 0 radical (unpaired) electrons. The van der Waals surface area contributed by atoms with Crippen molar-refractivity contribution in [2.24, 2.45) is 0 Å². The van der Waals surface area contributed by atoms with E-state index in [9.17, 15) is 9.18 Å². The first-order valence-electron chi connectivity index (χ1n) is 5.55. The van der Waals surface area contributed by atoms with Gasteiger partial charge in [0.05, 0.1) is 16.1 Å². The highest BCUT2D eigenvalue weighted by atomic mass is 35.5. The lowest BCUT2D eigenvalue weighted by Crippen LogP contribution is -2.12. The van der Waals surface area contributed by atoms with E-state index < -0.39 is 11.7 Å². The number of amides is 1. The van der Waals surface area contributed by atoms with Crippen LogP contribution in [0.1, 0.15) is 15.2 Å². The number of carbonyl (C=O) groups excluding carboxylic acids is 1. The molecule has 0 bridgehead atoms. The van der Waals surface area contributed by atoms with Gasteiger partial charge in [0.15, 0.2) is 0 Å². The zero-order valence-electron chi connectivity index (χ0n) is 10.1. The van der Waals surface area contributed by atoms with Gasteiger partial charge in [0.2, 0.25) is 0 Å². The molecule has 1 aromatic carbocycles. The third-order valence-corrected chi connectivity index (χ3v) is 3.41. The van der Waals surface area contributed by atoms with Crippen molar-refractivity contribution in [1.82, 2.24) is 0 Å². The Morgan fingerprint density at radius 3 is 3.00 bits per heavy atom. The molecule has 1 heterocycles. The summed E-state index contributed by atoms with van der Waals surface area (Å²) in [6, 6.07) is 5.50. The van der Waals surface area contributed by atoms with Crippen molar-refractivity contribution < 1.29 is 14.3 Å². The molecule has 0 saturated heterocycles. The molecule has 0 fully saturated rings. The van der Waals surface area contributed by atoms with Crippen LogP contribution in [0.25, 0.3) is 0 Å². The first kappa shape index (κ1) is 14.5. The maximum Gasteiger partial charge on any atom is 0.256 e. The zero-order chi connectivity index (χ0) is 14.5. The van der Waals surface area contributed by atoms with Gasteiger partial charge < -0.3 is 10.4 Å². The molecule has 2 N–H and O–H groups in total. The minimum absolute atomic E-state index is 0.0247. The summed E-state index contributed by atoms with van der Waals surface area (Å²) < 4.78 is 13.5. The van der Waals surface area contributed by atoms with E-state index in [-0.39, 0.29) is 12.3 Å². The lowest BCUT2D eigenvalue weighted by molar-refractivity contribution is 0.102. The Morgan fingerprint density at radius 1 is 1.45 bits per heavy atom. The Balaban J connectivity index is 2.15. The second kappa shape index (κ2) is 6.53. The third-order valence-electron chi connectivity index (χ3n) is 2.33. The maximum absolute atomic E-state index is 13.5. The van der Waals surface area contributed by atoms with Crippen LogP contribution in [0.5, 0.6) is 0 Å². The number of aliphatic hydroxyl groups is 1. The van der Waals surface area contributed by atoms with E-state index in [0.29, 0.717) is 15.5 Å². The Kier molecular flexibility index (Phi) is 4.74. The fraction of sp³-hybridized carbons (Fsp3) is 0.0714. The number of rotatable bonds is 2. The molecule has 2 aromatic rings. The summed E-state index contributed by atoms with van der Waals surface area (Å²) in [5.74, 6) is 4.19. The Bertz CT molecular complexity index is 703. The Hall–Kier alpha value is -1.87. The molecule has 20 heavy (non-hydrogen) atoms. The molecule has 1 amide bonds. The molecule has 1 aromatic heterocycles. The Labute approximate surface area is 124 Å². The standard InChI is InChI=1S/C14H9ClFNO2S/c15-10-3-4-12(16)13(7-10)17-14(19)9-6-11(20-8-9)2-1-5-18/h3-4,6-8,18H,5H2,(H,17,19). The molecule has 0 aliphatic rings. The summed E-state index contributed by atoms with van der Waals surface area (Å²) in [6.07, 6.45) is 0. The van der Waals surface area contributed by atoms with Crippen LogP contribution in [0.15, 0.2) is 29.6 Å². The predicted molar refractivity (Wildman–Crippen MR) is 77.6 cm³/mol. The molecular weight excluding hydrogens is 301 g/mol. The van der Waals surface area contributed by atoms with E-state index >= 15 is 0 Å². The molecule has 0 aliphatic heterocycles. The number of hydrogen-bond acceptors (Lipinski definition) is 3. The number of aliphatic hydroxyl groups excluding tert-OH is 1. The summed E-state index contributed by atoms with van der Waals surface area (Å²) in [7, 11) is 0. The topological polar surface area (TPSA) is 49.3 Å². The van der Waals surface area contributed by atoms with Gasteiger partial charge in [-0.25, -0.2) is 4.39 Å². The molecule has 3 nitrogen and oxygen atoms in total. The van der Waals surface area contributed by atoms with Crippen molar-refractivity contribution in [1.29, 1.82) is 0 Å². The van der Waals surface area contributed by atoms with Crippen molar-refractivity contribution in [2.45, 2.75) is 0 Å². The average molecular weight is 310 g/mol.